The average Bonchev–Trinajstić information content (AvgIpc) is 3.35. The van der Waals surface area contributed by atoms with Crippen LogP contribution >= 0.6 is 0 Å². The van der Waals surface area contributed by atoms with Gasteiger partial charge in [-0.25, -0.2) is 9.48 Å². The maximum Gasteiger partial charge on any atom is 0.338 e. The molecule has 1 aliphatic heterocycles. The molecule has 1 aromatic carbocycles. The van der Waals surface area contributed by atoms with Crippen molar-refractivity contribution < 1.29 is 23.8 Å². The molecule has 194 valence electrons. The molecule has 1 aliphatic carbocycles. The van der Waals surface area contributed by atoms with Crippen LogP contribution in [0, 0.1) is 0 Å². The molecule has 0 saturated heterocycles. The largest absolute Gasteiger partial charge is 0.493 e. The van der Waals surface area contributed by atoms with Gasteiger partial charge in [-0.3, -0.25) is 4.79 Å². The highest BCUT2D eigenvalue weighted by Gasteiger charge is 2.36. The zero-order chi connectivity index (χ0) is 25.7. The molecule has 2 aliphatic rings. The molecule has 0 radical (unpaired) electrons. The fourth-order valence-electron chi connectivity index (χ4n) is 4.84. The molecular weight excluding hydrogens is 462 g/mol. The number of methoxy groups -OCH3 is 1. The SMILES string of the molecule is CCN(CC)C(=O)COc1ccc(C2C(C(=O)OC3CCCCC3)=C(C)Nc3ncnn32)cc1OC. The summed E-state index contributed by atoms with van der Waals surface area (Å²) >= 11 is 0. The highest BCUT2D eigenvalue weighted by Crippen LogP contribution is 2.39. The lowest BCUT2D eigenvalue weighted by molar-refractivity contribution is -0.146. The number of benzene rings is 1. The predicted molar refractivity (Wildman–Crippen MR) is 134 cm³/mol. The van der Waals surface area contributed by atoms with Gasteiger partial charge >= 0.3 is 5.97 Å². The van der Waals surface area contributed by atoms with Crippen LogP contribution < -0.4 is 14.8 Å². The van der Waals surface area contributed by atoms with E-state index in [1.54, 1.807) is 28.8 Å². The predicted octanol–water partition coefficient (Wildman–Crippen LogP) is 3.70. The molecule has 0 spiro atoms. The summed E-state index contributed by atoms with van der Waals surface area (Å²) in [4.78, 5) is 31.8. The van der Waals surface area contributed by atoms with Crippen LogP contribution in [0.2, 0.25) is 0 Å². The second kappa shape index (κ2) is 11.5. The minimum absolute atomic E-state index is 0.0713. The van der Waals surface area contributed by atoms with E-state index >= 15 is 0 Å². The third kappa shape index (κ3) is 5.32. The molecule has 4 rings (SSSR count). The Balaban J connectivity index is 1.62. The Hall–Kier alpha value is -3.56. The number of anilines is 1. The topological polar surface area (TPSA) is 108 Å². The van der Waals surface area contributed by atoms with Crippen LogP contribution in [0.15, 0.2) is 35.8 Å². The molecule has 1 fully saturated rings. The number of hydrogen-bond acceptors (Lipinski definition) is 8. The number of rotatable bonds is 9. The molecule has 1 unspecified atom stereocenters. The zero-order valence-corrected chi connectivity index (χ0v) is 21.5. The smallest absolute Gasteiger partial charge is 0.338 e. The van der Waals surface area contributed by atoms with Crippen molar-refractivity contribution in [3.8, 4) is 11.5 Å². The van der Waals surface area contributed by atoms with E-state index in [2.05, 4.69) is 15.4 Å². The molecule has 1 saturated carbocycles. The van der Waals surface area contributed by atoms with Crippen molar-refractivity contribution >= 4 is 17.8 Å². The Morgan fingerprint density at radius 2 is 1.89 bits per heavy atom. The van der Waals surface area contributed by atoms with Crippen LogP contribution in [0.25, 0.3) is 0 Å². The first-order valence-electron chi connectivity index (χ1n) is 12.6. The first-order valence-corrected chi connectivity index (χ1v) is 12.6. The van der Waals surface area contributed by atoms with Crippen molar-refractivity contribution in [2.75, 3.05) is 32.1 Å². The van der Waals surface area contributed by atoms with Crippen molar-refractivity contribution in [1.82, 2.24) is 19.7 Å². The lowest BCUT2D eigenvalue weighted by Gasteiger charge is -2.30. The van der Waals surface area contributed by atoms with Crippen molar-refractivity contribution in [2.45, 2.75) is 65.0 Å². The number of amides is 1. The highest BCUT2D eigenvalue weighted by atomic mass is 16.5. The van der Waals surface area contributed by atoms with Gasteiger partial charge in [-0.15, -0.1) is 0 Å². The Morgan fingerprint density at radius 3 is 2.58 bits per heavy atom. The summed E-state index contributed by atoms with van der Waals surface area (Å²) in [5.41, 5.74) is 1.91. The van der Waals surface area contributed by atoms with Crippen LogP contribution in [-0.2, 0) is 14.3 Å². The number of aromatic nitrogens is 3. The van der Waals surface area contributed by atoms with Gasteiger partial charge in [-0.2, -0.15) is 10.1 Å². The molecular formula is C26H35N5O5. The summed E-state index contributed by atoms with van der Waals surface area (Å²) in [6, 6.07) is 4.85. The number of ether oxygens (including phenoxy) is 3. The van der Waals surface area contributed by atoms with Crippen LogP contribution in [-0.4, -0.2) is 64.5 Å². The van der Waals surface area contributed by atoms with Gasteiger partial charge in [-0.1, -0.05) is 12.5 Å². The summed E-state index contributed by atoms with van der Waals surface area (Å²) in [6.45, 7) is 6.86. The van der Waals surface area contributed by atoms with E-state index in [1.807, 2.05) is 26.8 Å². The van der Waals surface area contributed by atoms with Crippen molar-refractivity contribution in [3.05, 3.63) is 41.4 Å². The second-order valence-electron chi connectivity index (χ2n) is 9.02. The minimum Gasteiger partial charge on any atom is -0.493 e. The number of nitrogens with one attached hydrogen (secondary N) is 1. The van der Waals surface area contributed by atoms with E-state index in [-0.39, 0.29) is 24.6 Å². The molecule has 2 aromatic rings. The fourth-order valence-corrected chi connectivity index (χ4v) is 4.84. The molecule has 1 amide bonds. The van der Waals surface area contributed by atoms with E-state index < -0.39 is 6.04 Å². The molecule has 10 nitrogen and oxygen atoms in total. The Bertz CT molecular complexity index is 1120. The molecule has 0 bridgehead atoms. The first kappa shape index (κ1) is 25.5. The van der Waals surface area contributed by atoms with Crippen LogP contribution in [0.3, 0.4) is 0 Å². The molecule has 1 atom stereocenters. The van der Waals surface area contributed by atoms with Gasteiger partial charge < -0.3 is 24.4 Å². The lowest BCUT2D eigenvalue weighted by Crippen LogP contribution is -2.34. The van der Waals surface area contributed by atoms with Gasteiger partial charge in [0.1, 0.15) is 18.5 Å². The van der Waals surface area contributed by atoms with E-state index in [0.29, 0.717) is 41.8 Å². The molecule has 1 aromatic heterocycles. The standard InChI is InChI=1S/C26H35N5O5/c1-5-30(6-2)22(32)15-35-20-13-12-18(14-21(20)34-4)24-23(17(3)29-26-27-16-28-31(24)26)25(33)36-19-10-8-7-9-11-19/h12-14,16,19,24H,5-11,15H2,1-4H3,(H,27,28,29). The molecule has 2 heterocycles. The Kier molecular flexibility index (Phi) is 8.12. The summed E-state index contributed by atoms with van der Waals surface area (Å²) in [7, 11) is 1.54. The van der Waals surface area contributed by atoms with E-state index in [0.717, 1.165) is 31.2 Å². The summed E-state index contributed by atoms with van der Waals surface area (Å²) in [5, 5.41) is 7.56. The van der Waals surface area contributed by atoms with Crippen molar-refractivity contribution in [1.29, 1.82) is 0 Å². The second-order valence-corrected chi connectivity index (χ2v) is 9.02. The Morgan fingerprint density at radius 1 is 1.14 bits per heavy atom. The number of esters is 1. The molecule has 36 heavy (non-hydrogen) atoms. The number of allylic oxidation sites excluding steroid dienone is 1. The van der Waals surface area contributed by atoms with Gasteiger partial charge in [0.2, 0.25) is 5.95 Å². The fraction of sp³-hybridized carbons (Fsp3) is 0.538. The number of carbonyl (C=O) groups excluding carboxylic acids is 2. The monoisotopic (exact) mass is 497 g/mol. The number of nitrogens with zero attached hydrogens (tertiary/aromatic N) is 4. The number of hydrogen-bond donors (Lipinski definition) is 1. The van der Waals surface area contributed by atoms with Crippen molar-refractivity contribution in [3.63, 3.8) is 0 Å². The number of likely N-dealkylation sites (N-methyl/N-ethyl adjacent to an activating group) is 1. The third-order valence-corrected chi connectivity index (χ3v) is 6.81. The van der Waals surface area contributed by atoms with E-state index in [1.165, 1.54) is 12.7 Å². The maximum atomic E-state index is 13.4. The van der Waals surface area contributed by atoms with Crippen LogP contribution in [0.1, 0.15) is 64.5 Å². The average molecular weight is 498 g/mol. The van der Waals surface area contributed by atoms with Crippen molar-refractivity contribution in [2.24, 2.45) is 0 Å². The van der Waals surface area contributed by atoms with E-state index in [4.69, 9.17) is 14.2 Å². The summed E-state index contributed by atoms with van der Waals surface area (Å²) in [5.74, 6) is 0.986. The summed E-state index contributed by atoms with van der Waals surface area (Å²) < 4.78 is 19.0. The van der Waals surface area contributed by atoms with Gasteiger partial charge in [-0.05, 0) is 64.2 Å². The quantitative estimate of drug-likeness (QED) is 0.523. The van der Waals surface area contributed by atoms with Gasteiger partial charge in [0.15, 0.2) is 18.1 Å². The zero-order valence-electron chi connectivity index (χ0n) is 21.5. The Labute approximate surface area is 211 Å². The van der Waals surface area contributed by atoms with Crippen LogP contribution in [0.4, 0.5) is 5.95 Å². The first-order chi connectivity index (χ1) is 17.5. The molecule has 1 N–H and O–H groups in total. The minimum atomic E-state index is -0.555. The number of carbonyl (C=O) groups is 2. The maximum absolute atomic E-state index is 13.4. The van der Waals surface area contributed by atoms with Gasteiger partial charge in [0.25, 0.3) is 5.91 Å². The number of fused-ring (bicyclic) bond motifs is 1. The summed E-state index contributed by atoms with van der Waals surface area (Å²) in [6.07, 6.45) is 6.47. The van der Waals surface area contributed by atoms with E-state index in [9.17, 15) is 9.59 Å². The lowest BCUT2D eigenvalue weighted by atomic mass is 9.94. The molecule has 10 heteroatoms. The third-order valence-electron chi connectivity index (χ3n) is 6.81. The van der Waals surface area contributed by atoms with Gasteiger partial charge in [0.05, 0.1) is 12.7 Å². The normalized spacial score (nSPS) is 17.7. The van der Waals surface area contributed by atoms with Gasteiger partial charge in [0, 0.05) is 18.8 Å². The highest BCUT2D eigenvalue weighted by molar-refractivity contribution is 5.92. The van der Waals surface area contributed by atoms with Crippen LogP contribution in [0.5, 0.6) is 11.5 Å².